The molecule has 0 bridgehead atoms. The van der Waals surface area contributed by atoms with Gasteiger partial charge in [-0.25, -0.2) is 0 Å². The molecular weight excluding hydrogens is 619 g/mol. The molecule has 6 nitrogen and oxygen atoms in total. The van der Waals surface area contributed by atoms with Crippen molar-refractivity contribution in [2.24, 2.45) is 0 Å². The summed E-state index contributed by atoms with van der Waals surface area (Å²) >= 11 is 0. The summed E-state index contributed by atoms with van der Waals surface area (Å²) in [5.41, 5.74) is 3.48. The van der Waals surface area contributed by atoms with Crippen LogP contribution in [-0.2, 0) is 20.9 Å². The maximum absolute atomic E-state index is 13.7. The number of amides is 3. The van der Waals surface area contributed by atoms with Crippen molar-refractivity contribution in [3.8, 4) is 0 Å². The van der Waals surface area contributed by atoms with Gasteiger partial charge in [0.2, 0.25) is 17.7 Å². The van der Waals surface area contributed by atoms with Crippen LogP contribution in [0.4, 0.5) is 0 Å². The minimum absolute atomic E-state index is 0.0290. The fraction of sp³-hybridized carbons (Fsp3) is 0.659. The molecule has 0 atom stereocenters. The van der Waals surface area contributed by atoms with E-state index in [1.807, 2.05) is 44.0 Å². The van der Waals surface area contributed by atoms with Crippen molar-refractivity contribution < 1.29 is 14.4 Å². The second-order valence-electron chi connectivity index (χ2n) is 14.8. The molecule has 1 aliphatic rings. The summed E-state index contributed by atoms with van der Waals surface area (Å²) in [5, 5.41) is 0. The molecule has 50 heavy (non-hydrogen) atoms. The number of allylic oxidation sites excluding steroid dienone is 2. The van der Waals surface area contributed by atoms with Crippen LogP contribution >= 0.6 is 0 Å². The summed E-state index contributed by atoms with van der Waals surface area (Å²) in [6.45, 7) is 14.7. The van der Waals surface area contributed by atoms with E-state index in [4.69, 9.17) is 0 Å². The average molecular weight is 690 g/mol. The summed E-state index contributed by atoms with van der Waals surface area (Å²) in [4.78, 5) is 45.1. The Balaban J connectivity index is 1.84. The summed E-state index contributed by atoms with van der Waals surface area (Å²) < 4.78 is 0. The van der Waals surface area contributed by atoms with E-state index < -0.39 is 0 Å². The predicted molar refractivity (Wildman–Crippen MR) is 211 cm³/mol. The zero-order chi connectivity index (χ0) is 36.6. The minimum Gasteiger partial charge on any atom is -0.342 e. The number of likely N-dealkylation sites (N-methyl/N-ethyl adjacent to an activating group) is 1. The normalized spacial score (nSPS) is 14.0. The Morgan fingerprint density at radius 3 is 1.86 bits per heavy atom. The van der Waals surface area contributed by atoms with Gasteiger partial charge in [0.25, 0.3) is 0 Å². The lowest BCUT2D eigenvalue weighted by Gasteiger charge is -2.35. The van der Waals surface area contributed by atoms with Crippen LogP contribution < -0.4 is 0 Å². The SMILES string of the molecule is C=C(C)C(=O)N(C)CCCCCCC/C=C(\C)C(=O)N(CCCC/C=C(\C)C(=O)N(CCCCCCC)Cc1ccccc1)C1CCCCC1. The van der Waals surface area contributed by atoms with Crippen LogP contribution in [0, 0.1) is 0 Å². The molecule has 0 saturated heterocycles. The smallest absolute Gasteiger partial charge is 0.249 e. The number of benzene rings is 1. The Kier molecular flexibility index (Phi) is 22.2. The molecule has 0 spiro atoms. The van der Waals surface area contributed by atoms with Gasteiger partial charge in [-0.3, -0.25) is 14.4 Å². The third-order valence-electron chi connectivity index (χ3n) is 10.1. The van der Waals surface area contributed by atoms with E-state index in [1.165, 1.54) is 50.5 Å². The van der Waals surface area contributed by atoms with Gasteiger partial charge in [0, 0.05) is 56.0 Å². The highest BCUT2D eigenvalue weighted by Crippen LogP contribution is 2.25. The van der Waals surface area contributed by atoms with E-state index in [0.29, 0.717) is 18.2 Å². The van der Waals surface area contributed by atoms with Crippen molar-refractivity contribution >= 4 is 17.7 Å². The molecule has 0 aromatic heterocycles. The second kappa shape index (κ2) is 25.7. The molecule has 3 amide bonds. The fourth-order valence-electron chi connectivity index (χ4n) is 6.97. The van der Waals surface area contributed by atoms with Crippen molar-refractivity contribution in [2.75, 3.05) is 26.7 Å². The Bertz CT molecular complexity index is 1200. The summed E-state index contributed by atoms with van der Waals surface area (Å²) in [5.74, 6) is 0.382. The van der Waals surface area contributed by atoms with Gasteiger partial charge >= 0.3 is 0 Å². The Morgan fingerprint density at radius 2 is 1.22 bits per heavy atom. The standard InChI is InChI=1S/C44H71N3O3/c1-7-8-9-13-25-34-46(36-40-29-20-15-21-30-40)43(49)38(4)27-19-17-26-35-47(41-31-22-16-23-32-41)44(50)39(5)28-18-12-10-11-14-24-33-45(6)42(48)37(2)3/h15,20-21,27-30,41H,2,7-14,16-19,22-26,31-36H2,1,3-6H3/b38-27+,39-28+. The minimum atomic E-state index is 0.0290. The number of carbonyl (C=O) groups is 3. The van der Waals surface area contributed by atoms with E-state index in [2.05, 4.69) is 42.7 Å². The number of carbonyl (C=O) groups excluding carboxylic acids is 3. The number of rotatable bonds is 25. The molecule has 1 aromatic rings. The first-order valence-corrected chi connectivity index (χ1v) is 20.0. The van der Waals surface area contributed by atoms with Gasteiger partial charge in [0.15, 0.2) is 0 Å². The van der Waals surface area contributed by atoms with Gasteiger partial charge in [-0.2, -0.15) is 0 Å². The molecular formula is C44H71N3O3. The molecule has 1 fully saturated rings. The first-order valence-electron chi connectivity index (χ1n) is 20.0. The monoisotopic (exact) mass is 690 g/mol. The van der Waals surface area contributed by atoms with E-state index in [1.54, 1.807) is 11.8 Å². The summed E-state index contributed by atoms with van der Waals surface area (Å²) in [6, 6.07) is 10.7. The molecule has 0 radical (unpaired) electrons. The number of nitrogens with zero attached hydrogens (tertiary/aromatic N) is 3. The Morgan fingerprint density at radius 1 is 0.680 bits per heavy atom. The largest absolute Gasteiger partial charge is 0.342 e. The van der Waals surface area contributed by atoms with Crippen molar-refractivity contribution in [1.82, 2.24) is 14.7 Å². The summed E-state index contributed by atoms with van der Waals surface area (Å²) in [7, 11) is 1.84. The highest BCUT2D eigenvalue weighted by Gasteiger charge is 2.25. The molecule has 280 valence electrons. The molecule has 0 unspecified atom stereocenters. The van der Waals surface area contributed by atoms with E-state index >= 15 is 0 Å². The van der Waals surface area contributed by atoms with Crippen LogP contribution in [0.2, 0.25) is 0 Å². The average Bonchev–Trinajstić information content (AvgIpc) is 3.13. The van der Waals surface area contributed by atoms with Gasteiger partial charge in [-0.1, -0.05) is 120 Å². The predicted octanol–water partition coefficient (Wildman–Crippen LogP) is 10.6. The molecule has 2 rings (SSSR count). The fourth-order valence-corrected chi connectivity index (χ4v) is 6.97. The van der Waals surface area contributed by atoms with Gasteiger partial charge in [0.1, 0.15) is 0 Å². The maximum Gasteiger partial charge on any atom is 0.249 e. The molecule has 0 N–H and O–H groups in total. The Labute approximate surface area is 306 Å². The molecule has 1 aromatic carbocycles. The number of hydrogen-bond acceptors (Lipinski definition) is 3. The lowest BCUT2D eigenvalue weighted by Crippen LogP contribution is -2.42. The zero-order valence-corrected chi connectivity index (χ0v) is 32.7. The van der Waals surface area contributed by atoms with E-state index in [9.17, 15) is 14.4 Å². The first kappa shape index (κ1) is 43.0. The highest BCUT2D eigenvalue weighted by atomic mass is 16.2. The molecule has 0 aliphatic heterocycles. The van der Waals surface area contributed by atoms with Crippen LogP contribution in [0.3, 0.4) is 0 Å². The molecule has 0 heterocycles. The van der Waals surface area contributed by atoms with Crippen LogP contribution in [0.1, 0.15) is 155 Å². The lowest BCUT2D eigenvalue weighted by molar-refractivity contribution is -0.130. The summed E-state index contributed by atoms with van der Waals surface area (Å²) in [6.07, 6.45) is 25.3. The topological polar surface area (TPSA) is 60.9 Å². The molecule has 1 saturated carbocycles. The molecule has 6 heteroatoms. The number of unbranched alkanes of at least 4 members (excludes halogenated alkanes) is 11. The van der Waals surface area contributed by atoms with E-state index in [-0.39, 0.29) is 17.7 Å². The lowest BCUT2D eigenvalue weighted by atomic mass is 9.93. The van der Waals surface area contributed by atoms with Crippen molar-refractivity contribution in [3.05, 3.63) is 71.3 Å². The third-order valence-corrected chi connectivity index (χ3v) is 10.1. The van der Waals surface area contributed by atoms with Gasteiger partial charge in [0.05, 0.1) is 0 Å². The van der Waals surface area contributed by atoms with Crippen molar-refractivity contribution in [1.29, 1.82) is 0 Å². The van der Waals surface area contributed by atoms with Gasteiger partial charge in [-0.15, -0.1) is 0 Å². The van der Waals surface area contributed by atoms with Crippen LogP contribution in [0.25, 0.3) is 0 Å². The second-order valence-corrected chi connectivity index (χ2v) is 14.8. The first-order chi connectivity index (χ1) is 24.1. The van der Waals surface area contributed by atoms with Gasteiger partial charge in [-0.05, 0) is 84.1 Å². The maximum atomic E-state index is 13.7. The zero-order valence-electron chi connectivity index (χ0n) is 32.7. The van der Waals surface area contributed by atoms with Crippen LogP contribution in [0.15, 0.2) is 65.8 Å². The van der Waals surface area contributed by atoms with Gasteiger partial charge < -0.3 is 14.7 Å². The van der Waals surface area contributed by atoms with E-state index in [0.717, 1.165) is 108 Å². The highest BCUT2D eigenvalue weighted by molar-refractivity contribution is 5.93. The number of hydrogen-bond donors (Lipinski definition) is 0. The van der Waals surface area contributed by atoms with Crippen LogP contribution in [0.5, 0.6) is 0 Å². The van der Waals surface area contributed by atoms with Crippen molar-refractivity contribution in [3.63, 3.8) is 0 Å². The van der Waals surface area contributed by atoms with Crippen molar-refractivity contribution in [2.45, 2.75) is 162 Å². The third kappa shape index (κ3) is 17.2. The van der Waals surface area contributed by atoms with Crippen LogP contribution in [-0.4, -0.2) is 65.1 Å². The quantitative estimate of drug-likeness (QED) is 0.0758. The Hall–Kier alpha value is -3.15. The molecule has 1 aliphatic carbocycles.